The van der Waals surface area contributed by atoms with Crippen LogP contribution >= 0.6 is 34.8 Å². The number of hydrogen-bond acceptors (Lipinski definition) is 4. The molecule has 118 valence electrons. The Morgan fingerprint density at radius 1 is 1.17 bits per heavy atom. The number of benzene rings is 2. The third-order valence-corrected chi connectivity index (χ3v) is 4.12. The van der Waals surface area contributed by atoms with Crippen molar-refractivity contribution in [3.8, 4) is 11.5 Å². The van der Waals surface area contributed by atoms with E-state index in [4.69, 9.17) is 39.2 Å². The lowest BCUT2D eigenvalue weighted by Crippen LogP contribution is -2.04. The first kappa shape index (κ1) is 16.1. The molecule has 0 aliphatic heterocycles. The Balaban J connectivity index is 2.00. The normalized spacial score (nSPS) is 11.0. The number of methoxy groups -OCH3 is 1. The second-order valence-corrected chi connectivity index (χ2v) is 6.06. The van der Waals surface area contributed by atoms with Gasteiger partial charge < -0.3 is 9.15 Å². The van der Waals surface area contributed by atoms with Crippen LogP contribution in [0.3, 0.4) is 0 Å². The fraction of sp³-hybridized carbons (Fsp3) is 0.125. The lowest BCUT2D eigenvalue weighted by Gasteiger charge is -2.04. The van der Waals surface area contributed by atoms with Crippen LogP contribution in [0.1, 0.15) is 5.56 Å². The van der Waals surface area contributed by atoms with Gasteiger partial charge in [0.1, 0.15) is 5.52 Å². The summed E-state index contributed by atoms with van der Waals surface area (Å²) >= 11 is 18.3. The summed E-state index contributed by atoms with van der Waals surface area (Å²) in [6.07, 6.45) is 0.102. The first-order valence-corrected chi connectivity index (χ1v) is 7.72. The molecule has 0 radical (unpaired) electrons. The van der Waals surface area contributed by atoms with E-state index in [1.807, 2.05) is 0 Å². The van der Waals surface area contributed by atoms with Crippen LogP contribution in [-0.4, -0.2) is 18.1 Å². The Hall–Kier alpha value is -1.75. The molecular formula is C16H10Cl3NO3. The standard InChI is InChI=1S/C16H10Cl3NO3/c1-22-14(21)5-8-2-3-9(4-11(8)18)16-20-13-7-10(17)6-12(19)15(13)23-16/h2-4,6-7H,5H2,1H3. The van der Waals surface area contributed by atoms with E-state index in [0.717, 1.165) is 0 Å². The van der Waals surface area contributed by atoms with Crippen LogP contribution in [0.2, 0.25) is 15.1 Å². The van der Waals surface area contributed by atoms with Gasteiger partial charge >= 0.3 is 5.97 Å². The number of carbonyl (C=O) groups is 1. The van der Waals surface area contributed by atoms with E-state index in [0.29, 0.717) is 43.2 Å². The van der Waals surface area contributed by atoms with Gasteiger partial charge in [0.25, 0.3) is 0 Å². The van der Waals surface area contributed by atoms with Crippen molar-refractivity contribution in [2.45, 2.75) is 6.42 Å². The molecule has 0 spiro atoms. The van der Waals surface area contributed by atoms with Crippen LogP contribution in [0.5, 0.6) is 0 Å². The Morgan fingerprint density at radius 3 is 2.65 bits per heavy atom. The molecule has 0 atom stereocenters. The molecule has 2 aromatic carbocycles. The minimum atomic E-state index is -0.358. The highest BCUT2D eigenvalue weighted by molar-refractivity contribution is 6.38. The summed E-state index contributed by atoms with van der Waals surface area (Å²) in [6.45, 7) is 0. The molecular weight excluding hydrogens is 361 g/mol. The summed E-state index contributed by atoms with van der Waals surface area (Å²) in [5.74, 6) is 0.0126. The zero-order chi connectivity index (χ0) is 16.6. The number of fused-ring (bicyclic) bond motifs is 1. The van der Waals surface area contributed by atoms with Gasteiger partial charge in [-0.25, -0.2) is 4.98 Å². The van der Waals surface area contributed by atoms with E-state index in [1.165, 1.54) is 7.11 Å². The molecule has 0 saturated heterocycles. The van der Waals surface area contributed by atoms with Crippen molar-refractivity contribution in [1.82, 2.24) is 4.98 Å². The Bertz CT molecular complexity index is 905. The van der Waals surface area contributed by atoms with Gasteiger partial charge in [-0.1, -0.05) is 40.9 Å². The maximum atomic E-state index is 11.3. The van der Waals surface area contributed by atoms with E-state index in [9.17, 15) is 4.79 Å². The summed E-state index contributed by atoms with van der Waals surface area (Å²) < 4.78 is 10.3. The average Bonchev–Trinajstić information content (AvgIpc) is 2.93. The highest BCUT2D eigenvalue weighted by Gasteiger charge is 2.14. The lowest BCUT2D eigenvalue weighted by atomic mass is 10.1. The molecule has 3 rings (SSSR count). The quantitative estimate of drug-likeness (QED) is 0.597. The molecule has 0 aliphatic carbocycles. The molecule has 0 bridgehead atoms. The molecule has 1 aromatic heterocycles. The van der Waals surface area contributed by atoms with Crippen molar-refractivity contribution in [3.63, 3.8) is 0 Å². The van der Waals surface area contributed by atoms with E-state index >= 15 is 0 Å². The first-order valence-electron chi connectivity index (χ1n) is 6.59. The van der Waals surface area contributed by atoms with Crippen LogP contribution < -0.4 is 0 Å². The van der Waals surface area contributed by atoms with E-state index in [-0.39, 0.29) is 12.4 Å². The highest BCUT2D eigenvalue weighted by atomic mass is 35.5. The summed E-state index contributed by atoms with van der Waals surface area (Å²) in [5, 5.41) is 1.30. The predicted octanol–water partition coefficient (Wildman–Crippen LogP) is 5.17. The van der Waals surface area contributed by atoms with Gasteiger partial charge in [0.2, 0.25) is 5.89 Å². The molecule has 0 unspecified atom stereocenters. The smallest absolute Gasteiger partial charge is 0.310 e. The molecule has 0 N–H and O–H groups in total. The molecule has 4 nitrogen and oxygen atoms in total. The van der Waals surface area contributed by atoms with Gasteiger partial charge in [0.15, 0.2) is 5.58 Å². The minimum absolute atomic E-state index is 0.102. The van der Waals surface area contributed by atoms with Crippen LogP contribution in [0.25, 0.3) is 22.6 Å². The van der Waals surface area contributed by atoms with Crippen molar-refractivity contribution in [1.29, 1.82) is 0 Å². The summed E-state index contributed by atoms with van der Waals surface area (Å²) in [6, 6.07) is 8.44. The van der Waals surface area contributed by atoms with Crippen molar-refractivity contribution < 1.29 is 13.9 Å². The number of halogens is 3. The third-order valence-electron chi connectivity index (χ3n) is 3.27. The molecule has 1 heterocycles. The maximum absolute atomic E-state index is 11.3. The van der Waals surface area contributed by atoms with Crippen LogP contribution in [0.4, 0.5) is 0 Å². The summed E-state index contributed by atoms with van der Waals surface area (Å²) in [5.41, 5.74) is 2.36. The van der Waals surface area contributed by atoms with Gasteiger partial charge in [0.05, 0.1) is 18.6 Å². The van der Waals surface area contributed by atoms with Crippen LogP contribution in [0.15, 0.2) is 34.7 Å². The molecule has 0 saturated carbocycles. The molecule has 0 amide bonds. The third kappa shape index (κ3) is 3.29. The van der Waals surface area contributed by atoms with Crippen molar-refractivity contribution in [3.05, 3.63) is 51.0 Å². The largest absolute Gasteiger partial charge is 0.469 e. The fourth-order valence-corrected chi connectivity index (χ4v) is 2.90. The Morgan fingerprint density at radius 2 is 1.96 bits per heavy atom. The van der Waals surface area contributed by atoms with Crippen LogP contribution in [0, 0.1) is 0 Å². The molecule has 23 heavy (non-hydrogen) atoms. The van der Waals surface area contributed by atoms with Gasteiger partial charge in [-0.2, -0.15) is 0 Å². The van der Waals surface area contributed by atoms with Gasteiger partial charge in [-0.3, -0.25) is 4.79 Å². The lowest BCUT2D eigenvalue weighted by molar-refractivity contribution is -0.139. The molecule has 3 aromatic rings. The van der Waals surface area contributed by atoms with Crippen LogP contribution in [-0.2, 0) is 16.0 Å². The molecule has 0 aliphatic rings. The zero-order valence-corrected chi connectivity index (χ0v) is 14.2. The Labute approximate surface area is 146 Å². The van der Waals surface area contributed by atoms with Crippen molar-refractivity contribution in [2.75, 3.05) is 7.11 Å². The highest BCUT2D eigenvalue weighted by Crippen LogP contribution is 2.33. The van der Waals surface area contributed by atoms with Gasteiger partial charge in [0, 0.05) is 15.6 Å². The average molecular weight is 371 g/mol. The maximum Gasteiger partial charge on any atom is 0.310 e. The van der Waals surface area contributed by atoms with Gasteiger partial charge in [-0.15, -0.1) is 0 Å². The summed E-state index contributed by atoms with van der Waals surface area (Å²) in [4.78, 5) is 15.7. The number of carbonyl (C=O) groups excluding carboxylic acids is 1. The molecule has 7 heteroatoms. The SMILES string of the molecule is COC(=O)Cc1ccc(-c2nc3cc(Cl)cc(Cl)c3o2)cc1Cl. The van der Waals surface area contributed by atoms with Crippen molar-refractivity contribution in [2.24, 2.45) is 0 Å². The second kappa shape index (κ2) is 6.40. The van der Waals surface area contributed by atoms with E-state index < -0.39 is 0 Å². The topological polar surface area (TPSA) is 52.3 Å². The predicted molar refractivity (Wildman–Crippen MR) is 90.2 cm³/mol. The monoisotopic (exact) mass is 369 g/mol. The Kier molecular flexibility index (Phi) is 4.48. The zero-order valence-electron chi connectivity index (χ0n) is 11.9. The second-order valence-electron chi connectivity index (χ2n) is 4.81. The number of esters is 1. The van der Waals surface area contributed by atoms with E-state index in [1.54, 1.807) is 30.3 Å². The molecule has 0 fully saturated rings. The first-order chi connectivity index (χ1) is 11.0. The summed E-state index contributed by atoms with van der Waals surface area (Å²) in [7, 11) is 1.33. The number of oxazole rings is 1. The van der Waals surface area contributed by atoms with Gasteiger partial charge in [-0.05, 0) is 29.8 Å². The number of hydrogen-bond donors (Lipinski definition) is 0. The number of aromatic nitrogens is 1. The van der Waals surface area contributed by atoms with Crippen molar-refractivity contribution >= 4 is 51.9 Å². The fourth-order valence-electron chi connectivity index (χ4n) is 2.13. The number of nitrogens with zero attached hydrogens (tertiary/aromatic N) is 1. The number of rotatable bonds is 3. The van der Waals surface area contributed by atoms with E-state index in [2.05, 4.69) is 9.72 Å². The number of ether oxygens (including phenoxy) is 1. The minimum Gasteiger partial charge on any atom is -0.469 e.